The summed E-state index contributed by atoms with van der Waals surface area (Å²) in [7, 11) is 2.21. The second-order valence-corrected chi connectivity index (χ2v) is 13.0. The number of halogens is 1. The molecule has 41 heavy (non-hydrogen) atoms. The van der Waals surface area contributed by atoms with Crippen molar-refractivity contribution < 1.29 is 33.8 Å². The van der Waals surface area contributed by atoms with Crippen LogP contribution in [0.5, 0.6) is 11.5 Å². The van der Waals surface area contributed by atoms with Crippen molar-refractivity contribution in [3.05, 3.63) is 38.0 Å². The molecule has 0 aromatic heterocycles. The van der Waals surface area contributed by atoms with E-state index >= 15 is 0 Å². The van der Waals surface area contributed by atoms with Crippen LogP contribution in [0.4, 0.5) is 0 Å². The van der Waals surface area contributed by atoms with Crippen molar-refractivity contribution in [3.8, 4) is 11.5 Å². The monoisotopic (exact) mass is 677 g/mol. The first-order valence-electron chi connectivity index (χ1n) is 14.9. The molecule has 10 heteroatoms. The summed E-state index contributed by atoms with van der Waals surface area (Å²) < 4.78 is 17.8. The first-order chi connectivity index (χ1) is 19.8. The van der Waals surface area contributed by atoms with Crippen molar-refractivity contribution in [2.75, 3.05) is 20.8 Å². The number of amides is 2. The van der Waals surface area contributed by atoms with E-state index in [1.165, 1.54) is 5.57 Å². The third-order valence-corrected chi connectivity index (χ3v) is 10.2. The lowest BCUT2D eigenvalue weighted by molar-refractivity contribution is -0.143. The Bertz CT molecular complexity index is 1230. The standard InChI is InChI=1S/C31H41BINO7/c1-4-18(12-19-13-24(33)29(35)26(14-19)40-3)10-11-25-27-20(17-39-2)15-22-28(23(27)16-32(38)41-25)31(37)34(30(22)36)21-8-6-5-7-9-21/h12-14,21-23,25,28,35,38H,4-11,15-17H2,1-3H3/b18-12+/t22-,23+,25-,28-/m1/s1. The zero-order valence-corrected chi connectivity index (χ0v) is 26.4. The van der Waals surface area contributed by atoms with Gasteiger partial charge >= 0.3 is 7.12 Å². The smallest absolute Gasteiger partial charge is 0.455 e. The molecule has 0 unspecified atom stereocenters. The van der Waals surface area contributed by atoms with E-state index in [9.17, 15) is 19.7 Å². The zero-order valence-electron chi connectivity index (χ0n) is 24.2. The van der Waals surface area contributed by atoms with Gasteiger partial charge in [-0.3, -0.25) is 14.5 Å². The number of allylic oxidation sites excluding steroid dienone is 1. The van der Waals surface area contributed by atoms with Gasteiger partial charge in [0.1, 0.15) is 0 Å². The lowest BCUT2D eigenvalue weighted by Crippen LogP contribution is -2.47. The average Bonchev–Trinajstić information content (AvgIpc) is 3.22. The fourth-order valence-electron chi connectivity index (χ4n) is 7.53. The van der Waals surface area contributed by atoms with Crippen molar-refractivity contribution in [2.45, 2.75) is 83.2 Å². The van der Waals surface area contributed by atoms with E-state index in [0.717, 1.165) is 65.2 Å². The molecule has 4 aliphatic rings. The van der Waals surface area contributed by atoms with Gasteiger partial charge in [-0.25, -0.2) is 0 Å². The van der Waals surface area contributed by atoms with Crippen molar-refractivity contribution >= 4 is 47.6 Å². The minimum Gasteiger partial charge on any atom is -0.504 e. The molecule has 2 aliphatic heterocycles. The summed E-state index contributed by atoms with van der Waals surface area (Å²) in [5.74, 6) is -0.565. The minimum absolute atomic E-state index is 0.00284. The maximum absolute atomic E-state index is 13.9. The van der Waals surface area contributed by atoms with Crippen LogP contribution < -0.4 is 4.74 Å². The lowest BCUT2D eigenvalue weighted by Gasteiger charge is -2.43. The number of imide groups is 1. The number of phenolic OH excluding ortho intramolecular Hbond substituents is 1. The van der Waals surface area contributed by atoms with Gasteiger partial charge in [-0.1, -0.05) is 37.8 Å². The highest BCUT2D eigenvalue weighted by Gasteiger charge is 2.58. The van der Waals surface area contributed by atoms with Crippen LogP contribution in [0.3, 0.4) is 0 Å². The molecule has 2 aliphatic carbocycles. The molecule has 0 radical (unpaired) electrons. The van der Waals surface area contributed by atoms with Crippen LogP contribution in [0, 0.1) is 21.3 Å². The minimum atomic E-state index is -0.986. The molecule has 5 rings (SSSR count). The second kappa shape index (κ2) is 13.2. The molecule has 8 nitrogen and oxygen atoms in total. The lowest BCUT2D eigenvalue weighted by atomic mass is 9.58. The zero-order chi connectivity index (χ0) is 29.3. The quantitative estimate of drug-likeness (QED) is 0.157. The van der Waals surface area contributed by atoms with Crippen LogP contribution in [0.25, 0.3) is 6.08 Å². The Morgan fingerprint density at radius 2 is 1.93 bits per heavy atom. The number of rotatable bonds is 9. The van der Waals surface area contributed by atoms with Gasteiger partial charge in [-0.2, -0.15) is 0 Å². The molecule has 4 atom stereocenters. The summed E-state index contributed by atoms with van der Waals surface area (Å²) in [5, 5.41) is 21.1. The first kappa shape index (κ1) is 30.6. The van der Waals surface area contributed by atoms with Crippen molar-refractivity contribution in [3.63, 3.8) is 0 Å². The second-order valence-electron chi connectivity index (χ2n) is 11.8. The third-order valence-electron chi connectivity index (χ3n) is 9.42. The van der Waals surface area contributed by atoms with E-state index in [4.69, 9.17) is 14.1 Å². The van der Waals surface area contributed by atoms with Crippen LogP contribution in [-0.2, 0) is 19.0 Å². The number of nitrogens with zero attached hydrogens (tertiary/aromatic N) is 1. The predicted molar refractivity (Wildman–Crippen MR) is 165 cm³/mol. The molecular formula is C31H41BINO7. The molecule has 1 aromatic carbocycles. The number of methoxy groups -OCH3 is 2. The number of aromatic hydroxyl groups is 1. The molecule has 3 fully saturated rings. The van der Waals surface area contributed by atoms with Crippen LogP contribution in [-0.4, -0.2) is 66.9 Å². The Morgan fingerprint density at radius 3 is 2.61 bits per heavy atom. The Labute approximate surface area is 256 Å². The van der Waals surface area contributed by atoms with Crippen molar-refractivity contribution in [1.29, 1.82) is 0 Å². The van der Waals surface area contributed by atoms with E-state index in [1.807, 2.05) is 12.1 Å². The van der Waals surface area contributed by atoms with Gasteiger partial charge in [-0.15, -0.1) is 0 Å². The summed E-state index contributed by atoms with van der Waals surface area (Å²) in [6.45, 7) is 2.50. The molecule has 0 bridgehead atoms. The molecule has 1 aromatic rings. The maximum atomic E-state index is 13.9. The number of benzene rings is 1. The van der Waals surface area contributed by atoms with Gasteiger partial charge in [0.2, 0.25) is 11.8 Å². The SMILES string of the molecule is CC/C(=C\c1cc(I)c(O)c(OC)c1)CC[C@H]1OB(O)C[C@H]2C1=C(COC)C[C@H]1C(=O)N(C3CCCCC3)C(=O)[C@H]12. The molecule has 222 valence electrons. The van der Waals surface area contributed by atoms with Crippen LogP contribution in [0.15, 0.2) is 28.9 Å². The number of carbonyl (C=O) groups excluding carboxylic acids is 2. The number of phenols is 1. The summed E-state index contributed by atoms with van der Waals surface area (Å²) in [6, 6.07) is 3.75. The number of hydrogen-bond donors (Lipinski definition) is 2. The first-order valence-corrected chi connectivity index (χ1v) is 16.0. The molecule has 2 heterocycles. The molecule has 2 amide bonds. The Morgan fingerprint density at radius 1 is 1.17 bits per heavy atom. The van der Waals surface area contributed by atoms with Crippen LogP contribution in [0.1, 0.15) is 70.3 Å². The predicted octanol–water partition coefficient (Wildman–Crippen LogP) is 5.36. The maximum Gasteiger partial charge on any atom is 0.455 e. The van der Waals surface area contributed by atoms with Gasteiger partial charge in [0.25, 0.3) is 0 Å². The molecule has 2 saturated heterocycles. The molecule has 0 spiro atoms. The molecule has 2 N–H and O–H groups in total. The van der Waals surface area contributed by atoms with Gasteiger partial charge in [0.05, 0.1) is 35.2 Å². The van der Waals surface area contributed by atoms with Gasteiger partial charge in [0, 0.05) is 13.2 Å². The number of likely N-dealkylation sites (tertiary alicyclic amines) is 1. The van der Waals surface area contributed by atoms with Crippen molar-refractivity contribution in [1.82, 2.24) is 4.90 Å². The van der Waals surface area contributed by atoms with E-state index in [1.54, 1.807) is 19.1 Å². The van der Waals surface area contributed by atoms with E-state index in [-0.39, 0.29) is 41.5 Å². The normalized spacial score (nSPS) is 27.4. The number of carbonyl (C=O) groups is 2. The fraction of sp³-hybridized carbons (Fsp3) is 0.613. The van der Waals surface area contributed by atoms with Crippen LogP contribution in [0.2, 0.25) is 6.32 Å². The van der Waals surface area contributed by atoms with Gasteiger partial charge in [0.15, 0.2) is 11.5 Å². The van der Waals surface area contributed by atoms with Crippen molar-refractivity contribution in [2.24, 2.45) is 17.8 Å². The number of fused-ring (bicyclic) bond motifs is 3. The largest absolute Gasteiger partial charge is 0.504 e. The van der Waals surface area contributed by atoms with Crippen LogP contribution >= 0.6 is 22.6 Å². The third kappa shape index (κ3) is 6.12. The summed E-state index contributed by atoms with van der Waals surface area (Å²) >= 11 is 2.10. The highest BCUT2D eigenvalue weighted by atomic mass is 127. The van der Waals surface area contributed by atoms with Gasteiger partial charge < -0.3 is 24.3 Å². The molecule has 1 saturated carbocycles. The Balaban J connectivity index is 1.40. The van der Waals surface area contributed by atoms with Gasteiger partial charge in [-0.05, 0) is 102 Å². The summed E-state index contributed by atoms with van der Waals surface area (Å²) in [5.41, 5.74) is 4.25. The highest BCUT2D eigenvalue weighted by molar-refractivity contribution is 14.1. The van der Waals surface area contributed by atoms with E-state index in [2.05, 4.69) is 35.6 Å². The van der Waals surface area contributed by atoms with E-state index < -0.39 is 13.0 Å². The highest BCUT2D eigenvalue weighted by Crippen LogP contribution is 2.51. The summed E-state index contributed by atoms with van der Waals surface area (Å²) in [4.78, 5) is 29.2. The Kier molecular flexibility index (Phi) is 9.83. The summed E-state index contributed by atoms with van der Waals surface area (Å²) in [6.07, 6.45) is 9.84. The molecular weight excluding hydrogens is 636 g/mol. The van der Waals surface area contributed by atoms with E-state index in [0.29, 0.717) is 31.5 Å². The topological polar surface area (TPSA) is 106 Å². The Hall–Kier alpha value is -1.89. The average molecular weight is 677 g/mol. The number of ether oxygens (including phenoxy) is 2. The fourth-order valence-corrected chi connectivity index (χ4v) is 8.16. The number of hydrogen-bond acceptors (Lipinski definition) is 7.